The summed E-state index contributed by atoms with van der Waals surface area (Å²) in [7, 11) is -0.907. The molecule has 1 aliphatic heterocycles. The largest absolute Gasteiger partial charge is 1.00 e. The summed E-state index contributed by atoms with van der Waals surface area (Å²) in [6.07, 6.45) is 16.0. The molecule has 19 heavy (non-hydrogen) atoms. The van der Waals surface area contributed by atoms with E-state index in [9.17, 15) is 0 Å². The van der Waals surface area contributed by atoms with Crippen LogP contribution in [0.1, 0.15) is 26.2 Å². The fraction of sp³-hybridized carbons (Fsp3) is 0.467. The fourth-order valence-corrected chi connectivity index (χ4v) is 12.7. The summed E-state index contributed by atoms with van der Waals surface area (Å²) >= 11 is -0.424. The van der Waals surface area contributed by atoms with Crippen LogP contribution in [0.4, 0.5) is 0 Å². The predicted octanol–water partition coefficient (Wildman–Crippen LogP) is -1.45. The zero-order valence-electron chi connectivity index (χ0n) is 11.4. The third-order valence-electron chi connectivity index (χ3n) is 4.63. The van der Waals surface area contributed by atoms with E-state index in [0.29, 0.717) is 0 Å². The maximum absolute atomic E-state index is 2.50. The molecular formula is C15H20Cl2SiZr. The number of hydrogen-bond donors (Lipinski definition) is 0. The molecule has 0 spiro atoms. The van der Waals surface area contributed by atoms with Gasteiger partial charge in [-0.3, -0.25) is 0 Å². The van der Waals surface area contributed by atoms with Gasteiger partial charge >= 0.3 is 118 Å². The van der Waals surface area contributed by atoms with Gasteiger partial charge in [0, 0.05) is 0 Å². The Morgan fingerprint density at radius 1 is 1.16 bits per heavy atom. The van der Waals surface area contributed by atoms with E-state index >= 15 is 0 Å². The molecule has 0 atom stereocenters. The van der Waals surface area contributed by atoms with Crippen LogP contribution in [-0.4, -0.2) is 8.07 Å². The van der Waals surface area contributed by atoms with E-state index in [-0.39, 0.29) is 24.8 Å². The van der Waals surface area contributed by atoms with Gasteiger partial charge in [-0.15, -0.1) is 0 Å². The van der Waals surface area contributed by atoms with Crippen molar-refractivity contribution in [1.29, 1.82) is 0 Å². The van der Waals surface area contributed by atoms with Crippen molar-refractivity contribution < 1.29 is 48.0 Å². The molecule has 0 nitrogen and oxygen atoms in total. The maximum atomic E-state index is 2.50. The molecule has 3 rings (SSSR count). The fourth-order valence-electron chi connectivity index (χ4n) is 3.31. The van der Waals surface area contributed by atoms with Crippen LogP contribution in [-0.2, 0) is 23.2 Å². The van der Waals surface area contributed by atoms with Gasteiger partial charge in [-0.1, -0.05) is 0 Å². The quantitative estimate of drug-likeness (QED) is 0.515. The van der Waals surface area contributed by atoms with E-state index in [1.165, 1.54) is 25.3 Å². The molecule has 0 bridgehead atoms. The van der Waals surface area contributed by atoms with Crippen molar-refractivity contribution in [2.24, 2.45) is 0 Å². The molecule has 1 saturated heterocycles. The summed E-state index contributed by atoms with van der Waals surface area (Å²) in [5.41, 5.74) is 0. The molecule has 1 fully saturated rings. The number of halogens is 2. The van der Waals surface area contributed by atoms with Crippen molar-refractivity contribution in [3.63, 3.8) is 0 Å². The van der Waals surface area contributed by atoms with E-state index in [1.807, 2.05) is 8.48 Å². The smallest absolute Gasteiger partial charge is 1.00 e. The SMILES string of the molecule is CC[Si]1(C2=[C]([Zr+2][C]3=CC=CC3)C=CC2)CCC1.[Cl-].[Cl-]. The van der Waals surface area contributed by atoms with Crippen LogP contribution in [0.25, 0.3) is 0 Å². The number of allylic oxidation sites excluding steroid dienone is 8. The summed E-state index contributed by atoms with van der Waals surface area (Å²) in [6.45, 7) is 2.45. The topological polar surface area (TPSA) is 0 Å². The summed E-state index contributed by atoms with van der Waals surface area (Å²) in [6, 6.07) is 4.70. The zero-order chi connectivity index (χ0) is 11.7. The molecule has 0 aromatic rings. The minimum atomic E-state index is -0.907. The summed E-state index contributed by atoms with van der Waals surface area (Å²) in [5.74, 6) is 0. The van der Waals surface area contributed by atoms with Crippen molar-refractivity contribution in [3.05, 3.63) is 42.1 Å². The first-order chi connectivity index (χ1) is 8.34. The Morgan fingerprint density at radius 3 is 2.47 bits per heavy atom. The molecule has 2 aliphatic carbocycles. The average Bonchev–Trinajstić information content (AvgIpc) is 2.91. The second kappa shape index (κ2) is 7.59. The van der Waals surface area contributed by atoms with E-state index in [1.54, 1.807) is 15.4 Å². The molecule has 0 unspecified atom stereocenters. The van der Waals surface area contributed by atoms with Crippen molar-refractivity contribution >= 4 is 8.07 Å². The monoisotopic (exact) mass is 388 g/mol. The first kappa shape index (κ1) is 17.7. The van der Waals surface area contributed by atoms with E-state index in [2.05, 4.69) is 37.3 Å². The van der Waals surface area contributed by atoms with E-state index in [0.717, 1.165) is 0 Å². The summed E-state index contributed by atoms with van der Waals surface area (Å²) in [4.78, 5) is 0. The molecule has 0 radical (unpaired) electrons. The molecule has 0 aromatic heterocycles. The number of hydrogen-bond acceptors (Lipinski definition) is 0. The van der Waals surface area contributed by atoms with Gasteiger partial charge in [0.15, 0.2) is 0 Å². The van der Waals surface area contributed by atoms with E-state index < -0.39 is 31.3 Å². The normalized spacial score (nSPS) is 22.3. The van der Waals surface area contributed by atoms with Crippen molar-refractivity contribution in [2.75, 3.05) is 0 Å². The van der Waals surface area contributed by atoms with Crippen LogP contribution in [0.2, 0.25) is 18.1 Å². The molecule has 1 heterocycles. The van der Waals surface area contributed by atoms with Crippen LogP contribution in [0.15, 0.2) is 42.1 Å². The van der Waals surface area contributed by atoms with Crippen molar-refractivity contribution in [3.8, 4) is 0 Å². The van der Waals surface area contributed by atoms with Crippen LogP contribution >= 0.6 is 0 Å². The first-order valence-corrected chi connectivity index (χ1v) is 11.9. The van der Waals surface area contributed by atoms with Gasteiger partial charge in [-0.25, -0.2) is 0 Å². The van der Waals surface area contributed by atoms with Crippen LogP contribution in [0.5, 0.6) is 0 Å². The van der Waals surface area contributed by atoms with Crippen molar-refractivity contribution in [2.45, 2.75) is 44.3 Å². The Kier molecular flexibility index (Phi) is 7.07. The summed E-state index contributed by atoms with van der Waals surface area (Å²) in [5, 5.41) is 1.99. The van der Waals surface area contributed by atoms with E-state index in [4.69, 9.17) is 0 Å². The van der Waals surface area contributed by atoms with Gasteiger partial charge in [0.2, 0.25) is 0 Å². The van der Waals surface area contributed by atoms with Gasteiger partial charge < -0.3 is 24.8 Å². The molecular weight excluding hydrogens is 370 g/mol. The molecule has 0 saturated carbocycles. The Hall–Kier alpha value is 0.640. The van der Waals surface area contributed by atoms with Crippen LogP contribution in [0.3, 0.4) is 0 Å². The van der Waals surface area contributed by atoms with Gasteiger partial charge in [-0.2, -0.15) is 0 Å². The molecule has 0 N–H and O–H groups in total. The average molecular weight is 391 g/mol. The maximum Gasteiger partial charge on any atom is -1.00 e. The minimum Gasteiger partial charge on any atom is -1.00 e. The van der Waals surface area contributed by atoms with Gasteiger partial charge in [0.25, 0.3) is 0 Å². The summed E-state index contributed by atoms with van der Waals surface area (Å²) < 4.78 is 3.66. The second-order valence-electron chi connectivity index (χ2n) is 5.44. The molecule has 0 aromatic carbocycles. The Bertz CT molecular complexity index is 440. The van der Waals surface area contributed by atoms with Gasteiger partial charge in [-0.05, 0) is 0 Å². The molecule has 3 aliphatic rings. The van der Waals surface area contributed by atoms with Crippen LogP contribution in [0, 0.1) is 0 Å². The van der Waals surface area contributed by atoms with Gasteiger partial charge in [0.1, 0.15) is 0 Å². The molecule has 4 heteroatoms. The first-order valence-electron chi connectivity index (χ1n) is 6.87. The Morgan fingerprint density at radius 2 is 1.95 bits per heavy atom. The van der Waals surface area contributed by atoms with Gasteiger partial charge in [0.05, 0.1) is 0 Å². The zero-order valence-corrected chi connectivity index (χ0v) is 16.4. The van der Waals surface area contributed by atoms with Crippen molar-refractivity contribution in [1.82, 2.24) is 0 Å². The minimum absolute atomic E-state index is 0. The second-order valence-corrected chi connectivity index (χ2v) is 13.8. The Balaban J connectivity index is 0.000000902. The number of rotatable bonds is 4. The molecule has 0 amide bonds. The molecule has 102 valence electrons. The Labute approximate surface area is 141 Å². The third-order valence-corrected chi connectivity index (χ3v) is 14.5. The van der Waals surface area contributed by atoms with Crippen LogP contribution < -0.4 is 24.8 Å². The standard InChI is InChI=1S/C10H15Si.C5H5.2ClH.Zr/c1-2-11(8-5-9-11)10-6-3-4-7-10;1-2-4-5-3-1;;;/h3-4H,2,5-6,8-9H2,1H3;1-3H,4H2;2*1H;/q;;;;+2/p-2. The predicted molar refractivity (Wildman–Crippen MR) is 73.1 cm³/mol. The third kappa shape index (κ3) is 3.46.